The van der Waals surface area contributed by atoms with Gasteiger partial charge in [-0.2, -0.15) is 0 Å². The Balaban J connectivity index is 2.36. The van der Waals surface area contributed by atoms with Gasteiger partial charge in [-0.25, -0.2) is 0 Å². The van der Waals surface area contributed by atoms with E-state index in [9.17, 15) is 0 Å². The molecule has 0 saturated carbocycles. The van der Waals surface area contributed by atoms with Gasteiger partial charge in [-0.1, -0.05) is 73.4 Å². The van der Waals surface area contributed by atoms with Gasteiger partial charge in [0.2, 0.25) is 0 Å². The molecule has 0 amide bonds. The number of benzene rings is 1. The molecule has 1 atom stereocenters. The largest absolute Gasteiger partial charge is 0.377 e. The van der Waals surface area contributed by atoms with Crippen molar-refractivity contribution in [3.8, 4) is 11.3 Å². The van der Waals surface area contributed by atoms with E-state index in [1.165, 1.54) is 5.57 Å². The Morgan fingerprint density at radius 3 is 2.44 bits per heavy atom. The third-order valence-corrected chi connectivity index (χ3v) is 3.76. The van der Waals surface area contributed by atoms with Crippen LogP contribution >= 0.6 is 0 Å². The molecule has 128 valence electrons. The summed E-state index contributed by atoms with van der Waals surface area (Å²) in [7, 11) is 0. The summed E-state index contributed by atoms with van der Waals surface area (Å²) in [6.07, 6.45) is 10.2. The lowest BCUT2D eigenvalue weighted by atomic mass is 10.0. The smallest absolute Gasteiger partial charge is 0.0897 e. The summed E-state index contributed by atoms with van der Waals surface area (Å²) >= 11 is 0. The number of hydrogen-bond donors (Lipinski definition) is 1. The molecule has 0 aliphatic carbocycles. The second kappa shape index (κ2) is 9.43. The average molecular weight is 330 g/mol. The minimum atomic E-state index is -0.00332. The lowest BCUT2D eigenvalue weighted by Gasteiger charge is -2.21. The number of nitrogens with zero attached hydrogens (tertiary/aromatic N) is 1. The number of pyridine rings is 1. The Morgan fingerprint density at radius 2 is 1.76 bits per heavy atom. The molecule has 0 aliphatic heterocycles. The Morgan fingerprint density at radius 1 is 1.00 bits per heavy atom. The van der Waals surface area contributed by atoms with Gasteiger partial charge in [-0.05, 0) is 38.5 Å². The first kappa shape index (κ1) is 18.5. The standard InChI is InChI=1S/C23H26N2/c1-5-6-7-9-13-19(4)23(24-18(2)3)22-17-12-16-21(25-22)20-14-10-8-11-15-20/h5-17,23-24H,2H2,1,3-4H3/b6-5-,9-7-,19-13+. The molecule has 1 heterocycles. The highest BCUT2D eigenvalue weighted by Crippen LogP contribution is 2.24. The first-order valence-corrected chi connectivity index (χ1v) is 8.52. The van der Waals surface area contributed by atoms with E-state index in [0.717, 1.165) is 22.6 Å². The Bertz CT molecular complexity index is 783. The van der Waals surface area contributed by atoms with Crippen LogP contribution in [0.5, 0.6) is 0 Å². The third-order valence-electron chi connectivity index (χ3n) is 3.76. The maximum atomic E-state index is 4.88. The fraction of sp³-hybridized carbons (Fsp3) is 0.174. The maximum Gasteiger partial charge on any atom is 0.0897 e. The molecule has 0 fully saturated rings. The molecule has 0 bridgehead atoms. The van der Waals surface area contributed by atoms with Crippen molar-refractivity contribution in [3.05, 3.63) is 102 Å². The maximum absolute atomic E-state index is 4.88. The van der Waals surface area contributed by atoms with E-state index in [0.29, 0.717) is 0 Å². The molecule has 1 N–H and O–H groups in total. The molecule has 0 radical (unpaired) electrons. The highest BCUT2D eigenvalue weighted by Gasteiger charge is 2.15. The molecular formula is C23H26N2. The van der Waals surface area contributed by atoms with Crippen LogP contribution in [0.2, 0.25) is 0 Å². The van der Waals surface area contributed by atoms with Crippen molar-refractivity contribution in [1.29, 1.82) is 0 Å². The summed E-state index contributed by atoms with van der Waals surface area (Å²) in [6.45, 7) is 10.1. The van der Waals surface area contributed by atoms with Crippen molar-refractivity contribution in [2.75, 3.05) is 0 Å². The van der Waals surface area contributed by atoms with Crippen LogP contribution in [0.3, 0.4) is 0 Å². The van der Waals surface area contributed by atoms with E-state index in [2.05, 4.69) is 49.2 Å². The van der Waals surface area contributed by atoms with Crippen molar-refractivity contribution < 1.29 is 0 Å². The fourth-order valence-corrected chi connectivity index (χ4v) is 2.53. The lowest BCUT2D eigenvalue weighted by molar-refractivity contribution is 0.661. The van der Waals surface area contributed by atoms with E-state index in [1.807, 2.05) is 62.4 Å². The van der Waals surface area contributed by atoms with Crippen LogP contribution in [0.1, 0.15) is 32.5 Å². The predicted molar refractivity (Wildman–Crippen MR) is 108 cm³/mol. The van der Waals surface area contributed by atoms with Crippen molar-refractivity contribution in [2.45, 2.75) is 26.8 Å². The number of allylic oxidation sites excluding steroid dienone is 6. The van der Waals surface area contributed by atoms with Crippen LogP contribution in [-0.4, -0.2) is 4.98 Å². The number of aromatic nitrogens is 1. The number of hydrogen-bond acceptors (Lipinski definition) is 2. The molecule has 2 rings (SSSR count). The van der Waals surface area contributed by atoms with Crippen molar-refractivity contribution >= 4 is 0 Å². The molecule has 0 spiro atoms. The van der Waals surface area contributed by atoms with Gasteiger partial charge in [-0.15, -0.1) is 0 Å². The van der Waals surface area contributed by atoms with E-state index < -0.39 is 0 Å². The second-order valence-corrected chi connectivity index (χ2v) is 5.99. The molecule has 1 unspecified atom stereocenters. The third kappa shape index (κ3) is 5.61. The molecule has 0 aliphatic rings. The fourth-order valence-electron chi connectivity index (χ4n) is 2.53. The minimum absolute atomic E-state index is 0.00332. The lowest BCUT2D eigenvalue weighted by Crippen LogP contribution is -2.21. The van der Waals surface area contributed by atoms with Crippen LogP contribution in [0.25, 0.3) is 11.3 Å². The van der Waals surface area contributed by atoms with Crippen molar-refractivity contribution in [2.24, 2.45) is 0 Å². The molecule has 1 aromatic carbocycles. The normalized spacial score (nSPS) is 13.3. The van der Waals surface area contributed by atoms with Gasteiger partial charge in [-0.3, -0.25) is 4.98 Å². The zero-order valence-electron chi connectivity index (χ0n) is 15.2. The predicted octanol–water partition coefficient (Wildman–Crippen LogP) is 5.99. The first-order valence-electron chi connectivity index (χ1n) is 8.52. The summed E-state index contributed by atoms with van der Waals surface area (Å²) in [4.78, 5) is 4.88. The molecule has 25 heavy (non-hydrogen) atoms. The van der Waals surface area contributed by atoms with E-state index in [1.54, 1.807) is 0 Å². The Kier molecular flexibility index (Phi) is 6.97. The van der Waals surface area contributed by atoms with Gasteiger partial charge in [0.25, 0.3) is 0 Å². The molecule has 0 saturated heterocycles. The van der Waals surface area contributed by atoms with Gasteiger partial charge in [0.05, 0.1) is 17.4 Å². The van der Waals surface area contributed by atoms with E-state index >= 15 is 0 Å². The summed E-state index contributed by atoms with van der Waals surface area (Å²) in [6, 6.07) is 16.4. The summed E-state index contributed by atoms with van der Waals surface area (Å²) in [5.41, 5.74) is 5.18. The average Bonchev–Trinajstić information content (AvgIpc) is 2.64. The zero-order valence-corrected chi connectivity index (χ0v) is 15.2. The van der Waals surface area contributed by atoms with Crippen molar-refractivity contribution in [1.82, 2.24) is 10.3 Å². The monoisotopic (exact) mass is 330 g/mol. The molecule has 2 heteroatoms. The van der Waals surface area contributed by atoms with E-state index in [-0.39, 0.29) is 6.04 Å². The van der Waals surface area contributed by atoms with Crippen LogP contribution in [0, 0.1) is 0 Å². The quantitative estimate of drug-likeness (QED) is 0.631. The van der Waals surface area contributed by atoms with Crippen LogP contribution in [-0.2, 0) is 0 Å². The van der Waals surface area contributed by atoms with Gasteiger partial charge in [0.15, 0.2) is 0 Å². The van der Waals surface area contributed by atoms with Gasteiger partial charge in [0.1, 0.15) is 0 Å². The molecule has 1 aromatic heterocycles. The van der Waals surface area contributed by atoms with Gasteiger partial charge < -0.3 is 5.32 Å². The number of rotatable bonds is 7. The van der Waals surface area contributed by atoms with Gasteiger partial charge >= 0.3 is 0 Å². The van der Waals surface area contributed by atoms with E-state index in [4.69, 9.17) is 4.98 Å². The van der Waals surface area contributed by atoms with Crippen LogP contribution in [0.15, 0.2) is 96.8 Å². The van der Waals surface area contributed by atoms with Crippen LogP contribution < -0.4 is 5.32 Å². The molecule has 2 aromatic rings. The topological polar surface area (TPSA) is 24.9 Å². The molecular weight excluding hydrogens is 304 g/mol. The SMILES string of the molecule is C=C(C)NC(/C(C)=C/C=C\C=C/C)c1cccc(-c2ccccc2)n1. The summed E-state index contributed by atoms with van der Waals surface area (Å²) in [5, 5.41) is 3.44. The zero-order chi connectivity index (χ0) is 18.1. The minimum Gasteiger partial charge on any atom is -0.377 e. The van der Waals surface area contributed by atoms with Crippen molar-refractivity contribution in [3.63, 3.8) is 0 Å². The summed E-state index contributed by atoms with van der Waals surface area (Å²) < 4.78 is 0. The first-order chi connectivity index (χ1) is 12.1. The Hall–Kier alpha value is -2.87. The van der Waals surface area contributed by atoms with Crippen LogP contribution in [0.4, 0.5) is 0 Å². The number of nitrogens with one attached hydrogen (secondary N) is 1. The summed E-state index contributed by atoms with van der Waals surface area (Å²) in [5.74, 6) is 0. The van der Waals surface area contributed by atoms with Gasteiger partial charge in [0, 0.05) is 11.3 Å². The second-order valence-electron chi connectivity index (χ2n) is 5.99. The Labute approximate surface area is 151 Å². The highest BCUT2D eigenvalue weighted by atomic mass is 14.9. The highest BCUT2D eigenvalue weighted by molar-refractivity contribution is 5.59. The molecule has 2 nitrogen and oxygen atoms in total.